The lowest BCUT2D eigenvalue weighted by molar-refractivity contribution is -0.0814. The Morgan fingerprint density at radius 1 is 1.73 bits per heavy atom. The second-order valence-electron chi connectivity index (χ2n) is 2.60. The van der Waals surface area contributed by atoms with Crippen LogP contribution in [0.15, 0.2) is 12.3 Å². The van der Waals surface area contributed by atoms with Crippen molar-refractivity contribution in [1.29, 1.82) is 0 Å². The standard InChI is InChI=1S/C7H10N2O2/c1-9-3-2-7(8-9)11-6-4-10-5-6/h2-3,6H,4-5H2,1H3. The van der Waals surface area contributed by atoms with E-state index < -0.39 is 0 Å². The lowest BCUT2D eigenvalue weighted by Crippen LogP contribution is -2.38. The molecule has 1 aliphatic heterocycles. The largest absolute Gasteiger partial charge is 0.468 e. The van der Waals surface area contributed by atoms with Crippen molar-refractivity contribution < 1.29 is 9.47 Å². The molecule has 1 aromatic rings. The minimum absolute atomic E-state index is 0.213. The summed E-state index contributed by atoms with van der Waals surface area (Å²) in [4.78, 5) is 0. The molecule has 0 aromatic carbocycles. The summed E-state index contributed by atoms with van der Waals surface area (Å²) in [7, 11) is 1.87. The molecule has 2 heterocycles. The molecule has 4 nitrogen and oxygen atoms in total. The fourth-order valence-corrected chi connectivity index (χ4v) is 0.909. The fraction of sp³-hybridized carbons (Fsp3) is 0.571. The predicted octanol–water partition coefficient (Wildman–Crippen LogP) is 0.198. The minimum Gasteiger partial charge on any atom is -0.468 e. The van der Waals surface area contributed by atoms with Crippen molar-refractivity contribution in [1.82, 2.24) is 9.78 Å². The highest BCUT2D eigenvalue weighted by Crippen LogP contribution is 2.11. The molecule has 1 saturated heterocycles. The third-order valence-electron chi connectivity index (χ3n) is 1.58. The molecule has 0 aliphatic carbocycles. The van der Waals surface area contributed by atoms with E-state index >= 15 is 0 Å². The van der Waals surface area contributed by atoms with Crippen molar-refractivity contribution in [3.05, 3.63) is 12.3 Å². The molecule has 0 bridgehead atoms. The van der Waals surface area contributed by atoms with E-state index in [4.69, 9.17) is 9.47 Å². The summed E-state index contributed by atoms with van der Waals surface area (Å²) in [6.07, 6.45) is 2.07. The SMILES string of the molecule is Cn1ccc(OC2COC2)n1. The van der Waals surface area contributed by atoms with Crippen molar-refractivity contribution in [3.63, 3.8) is 0 Å². The summed E-state index contributed by atoms with van der Waals surface area (Å²) in [6.45, 7) is 1.38. The molecule has 2 rings (SSSR count). The molecule has 1 fully saturated rings. The Bertz CT molecular complexity index is 242. The van der Waals surface area contributed by atoms with E-state index in [1.807, 2.05) is 19.3 Å². The molecule has 60 valence electrons. The average Bonchev–Trinajstić information content (AvgIpc) is 2.27. The van der Waals surface area contributed by atoms with E-state index in [1.54, 1.807) is 4.68 Å². The molecule has 1 aliphatic rings. The molecular weight excluding hydrogens is 144 g/mol. The van der Waals surface area contributed by atoms with Gasteiger partial charge in [0.15, 0.2) is 0 Å². The van der Waals surface area contributed by atoms with Gasteiger partial charge >= 0.3 is 0 Å². The second-order valence-corrected chi connectivity index (χ2v) is 2.60. The van der Waals surface area contributed by atoms with Crippen LogP contribution in [-0.2, 0) is 11.8 Å². The lowest BCUT2D eigenvalue weighted by atomic mass is 10.3. The van der Waals surface area contributed by atoms with Gasteiger partial charge in [-0.05, 0) is 0 Å². The summed E-state index contributed by atoms with van der Waals surface area (Å²) < 4.78 is 12.1. The normalized spacial score (nSPS) is 17.9. The molecule has 0 N–H and O–H groups in total. The Morgan fingerprint density at radius 3 is 3.00 bits per heavy atom. The summed E-state index contributed by atoms with van der Waals surface area (Å²) in [6, 6.07) is 1.85. The van der Waals surface area contributed by atoms with Gasteiger partial charge in [-0.25, -0.2) is 0 Å². The Morgan fingerprint density at radius 2 is 2.55 bits per heavy atom. The summed E-state index contributed by atoms with van der Waals surface area (Å²) >= 11 is 0. The number of hydrogen-bond donors (Lipinski definition) is 0. The summed E-state index contributed by atoms with van der Waals surface area (Å²) in [5.74, 6) is 0.681. The smallest absolute Gasteiger partial charge is 0.233 e. The van der Waals surface area contributed by atoms with Gasteiger partial charge < -0.3 is 9.47 Å². The first-order chi connectivity index (χ1) is 5.34. The third-order valence-corrected chi connectivity index (χ3v) is 1.58. The number of aryl methyl sites for hydroxylation is 1. The van der Waals surface area contributed by atoms with Crippen LogP contribution in [0.3, 0.4) is 0 Å². The Balaban J connectivity index is 1.95. The van der Waals surface area contributed by atoms with Gasteiger partial charge in [-0.2, -0.15) is 0 Å². The third kappa shape index (κ3) is 1.35. The molecule has 0 atom stereocenters. The Kier molecular flexibility index (Phi) is 1.54. The molecule has 11 heavy (non-hydrogen) atoms. The van der Waals surface area contributed by atoms with E-state index in [1.165, 1.54) is 0 Å². The first kappa shape index (κ1) is 6.67. The van der Waals surface area contributed by atoms with Crippen LogP contribution in [0.1, 0.15) is 0 Å². The predicted molar refractivity (Wildman–Crippen MR) is 38.4 cm³/mol. The number of rotatable bonds is 2. The molecule has 1 aromatic heterocycles. The molecule has 4 heteroatoms. The van der Waals surface area contributed by atoms with Crippen molar-refractivity contribution in [2.24, 2.45) is 7.05 Å². The molecule has 0 saturated carbocycles. The second kappa shape index (κ2) is 2.54. The van der Waals surface area contributed by atoms with Gasteiger partial charge in [0.1, 0.15) is 6.10 Å². The van der Waals surface area contributed by atoms with Crippen molar-refractivity contribution in [3.8, 4) is 5.88 Å². The van der Waals surface area contributed by atoms with Crippen LogP contribution in [0.4, 0.5) is 0 Å². The highest BCUT2D eigenvalue weighted by atomic mass is 16.6. The van der Waals surface area contributed by atoms with E-state index in [9.17, 15) is 0 Å². The lowest BCUT2D eigenvalue weighted by Gasteiger charge is -2.25. The Hall–Kier alpha value is -1.03. The van der Waals surface area contributed by atoms with E-state index in [0.717, 1.165) is 0 Å². The summed E-state index contributed by atoms with van der Waals surface area (Å²) in [5, 5.41) is 4.07. The van der Waals surface area contributed by atoms with Crippen LogP contribution in [0, 0.1) is 0 Å². The number of aromatic nitrogens is 2. The highest BCUT2D eigenvalue weighted by molar-refractivity contribution is 5.06. The zero-order chi connectivity index (χ0) is 7.68. The summed E-state index contributed by atoms with van der Waals surface area (Å²) in [5.41, 5.74) is 0. The first-order valence-corrected chi connectivity index (χ1v) is 3.58. The van der Waals surface area contributed by atoms with E-state index in [2.05, 4.69) is 5.10 Å². The van der Waals surface area contributed by atoms with Gasteiger partial charge in [0.25, 0.3) is 0 Å². The van der Waals surface area contributed by atoms with Gasteiger partial charge in [0.05, 0.1) is 13.2 Å². The number of hydrogen-bond acceptors (Lipinski definition) is 3. The zero-order valence-corrected chi connectivity index (χ0v) is 6.36. The first-order valence-electron chi connectivity index (χ1n) is 3.58. The molecule has 0 amide bonds. The monoisotopic (exact) mass is 154 g/mol. The quantitative estimate of drug-likeness (QED) is 0.610. The molecule has 0 spiro atoms. The zero-order valence-electron chi connectivity index (χ0n) is 6.36. The van der Waals surface area contributed by atoms with Gasteiger partial charge in [0, 0.05) is 19.3 Å². The van der Waals surface area contributed by atoms with Gasteiger partial charge in [0.2, 0.25) is 5.88 Å². The van der Waals surface area contributed by atoms with Crippen LogP contribution in [0.5, 0.6) is 5.88 Å². The maximum Gasteiger partial charge on any atom is 0.233 e. The van der Waals surface area contributed by atoms with Crippen LogP contribution in [-0.4, -0.2) is 29.1 Å². The van der Waals surface area contributed by atoms with Crippen molar-refractivity contribution >= 4 is 0 Å². The molecule has 0 unspecified atom stereocenters. The highest BCUT2D eigenvalue weighted by Gasteiger charge is 2.20. The Labute approximate surface area is 64.7 Å². The van der Waals surface area contributed by atoms with E-state index in [0.29, 0.717) is 19.1 Å². The molecule has 0 radical (unpaired) electrons. The van der Waals surface area contributed by atoms with Crippen LogP contribution in [0.25, 0.3) is 0 Å². The van der Waals surface area contributed by atoms with Crippen LogP contribution < -0.4 is 4.74 Å². The van der Waals surface area contributed by atoms with Crippen molar-refractivity contribution in [2.45, 2.75) is 6.10 Å². The number of nitrogens with zero attached hydrogens (tertiary/aromatic N) is 2. The van der Waals surface area contributed by atoms with Gasteiger partial charge in [-0.3, -0.25) is 4.68 Å². The average molecular weight is 154 g/mol. The van der Waals surface area contributed by atoms with Crippen LogP contribution in [0.2, 0.25) is 0 Å². The van der Waals surface area contributed by atoms with Gasteiger partial charge in [-0.15, -0.1) is 5.10 Å². The molecular formula is C7H10N2O2. The maximum atomic E-state index is 5.41. The van der Waals surface area contributed by atoms with Crippen LogP contribution >= 0.6 is 0 Å². The van der Waals surface area contributed by atoms with Gasteiger partial charge in [-0.1, -0.05) is 0 Å². The topological polar surface area (TPSA) is 36.3 Å². The van der Waals surface area contributed by atoms with Crippen molar-refractivity contribution in [2.75, 3.05) is 13.2 Å². The minimum atomic E-state index is 0.213. The number of ether oxygens (including phenoxy) is 2. The fourth-order valence-electron chi connectivity index (χ4n) is 0.909. The maximum absolute atomic E-state index is 5.41. The van der Waals surface area contributed by atoms with E-state index in [-0.39, 0.29) is 6.10 Å².